The molecule has 0 atom stereocenters. The second-order valence-electron chi connectivity index (χ2n) is 5.01. The minimum atomic E-state index is 0.508. The highest BCUT2D eigenvalue weighted by Gasteiger charge is 2.06. The molecule has 0 saturated carbocycles. The van der Waals surface area contributed by atoms with Gasteiger partial charge >= 0.3 is 0 Å². The van der Waals surface area contributed by atoms with Crippen LogP contribution in [-0.4, -0.2) is 15.4 Å². The minimum absolute atomic E-state index is 0.508. The van der Waals surface area contributed by atoms with Gasteiger partial charge in [-0.2, -0.15) is 9.36 Å². The molecular formula is C14H17Cl2N4S+. The zero-order valence-corrected chi connectivity index (χ0v) is 14.4. The Kier molecular flexibility index (Phi) is 5.58. The van der Waals surface area contributed by atoms with E-state index in [1.165, 1.54) is 11.5 Å². The Morgan fingerprint density at radius 2 is 2.10 bits per heavy atom. The molecule has 1 aromatic heterocycles. The monoisotopic (exact) mass is 343 g/mol. The number of benzene rings is 1. The van der Waals surface area contributed by atoms with E-state index in [2.05, 4.69) is 33.8 Å². The number of allylic oxidation sites excluding steroid dienone is 1. The summed E-state index contributed by atoms with van der Waals surface area (Å²) in [7, 11) is 0. The predicted octanol–water partition coefficient (Wildman–Crippen LogP) is 3.92. The molecule has 2 aromatic rings. The molecule has 3 N–H and O–H groups in total. The molecule has 0 amide bonds. The lowest BCUT2D eigenvalue weighted by Crippen LogP contribution is -2.85. The number of aromatic nitrogens is 2. The van der Waals surface area contributed by atoms with Crippen LogP contribution in [0.4, 0.5) is 10.8 Å². The summed E-state index contributed by atoms with van der Waals surface area (Å²) >= 11 is 13.2. The maximum Gasteiger partial charge on any atom is 0.207 e. The fourth-order valence-corrected chi connectivity index (χ4v) is 2.69. The standard InChI is InChI=1S/C14H16Cl2N4S/c1-8(2)17-9(3)6-13-19-14(21-20-13)18-10-4-5-11(15)12(16)7-10/h4-8,17H,1-3H3,(H,18,19,20)/p+1. The van der Waals surface area contributed by atoms with E-state index in [0.29, 0.717) is 21.9 Å². The summed E-state index contributed by atoms with van der Waals surface area (Å²) in [5.41, 5.74) is 1.99. The van der Waals surface area contributed by atoms with Crippen molar-refractivity contribution in [3.63, 3.8) is 0 Å². The van der Waals surface area contributed by atoms with Crippen LogP contribution in [0.25, 0.3) is 6.08 Å². The first-order valence-electron chi connectivity index (χ1n) is 6.53. The number of hydrogen-bond donors (Lipinski definition) is 2. The number of nitrogens with zero attached hydrogens (tertiary/aromatic N) is 2. The van der Waals surface area contributed by atoms with Gasteiger partial charge in [0.2, 0.25) is 5.13 Å². The Morgan fingerprint density at radius 1 is 1.33 bits per heavy atom. The highest BCUT2D eigenvalue weighted by atomic mass is 35.5. The molecule has 21 heavy (non-hydrogen) atoms. The van der Waals surface area contributed by atoms with Crippen LogP contribution in [0.15, 0.2) is 23.9 Å². The maximum atomic E-state index is 5.98. The molecule has 0 saturated heterocycles. The molecule has 1 heterocycles. The van der Waals surface area contributed by atoms with Crippen molar-refractivity contribution in [2.24, 2.45) is 0 Å². The average Bonchev–Trinajstić information content (AvgIpc) is 2.80. The number of halogens is 2. The number of quaternary nitrogens is 1. The summed E-state index contributed by atoms with van der Waals surface area (Å²) in [6.07, 6.45) is 1.97. The summed E-state index contributed by atoms with van der Waals surface area (Å²) in [5, 5.41) is 7.10. The number of nitrogens with two attached hydrogens (primary N) is 1. The van der Waals surface area contributed by atoms with E-state index < -0.39 is 0 Å². The highest BCUT2D eigenvalue weighted by Crippen LogP contribution is 2.27. The lowest BCUT2D eigenvalue weighted by Gasteiger charge is -2.03. The Labute approximate surface area is 138 Å². The molecule has 1 aromatic carbocycles. The van der Waals surface area contributed by atoms with Crippen LogP contribution >= 0.6 is 34.7 Å². The molecule has 4 nitrogen and oxygen atoms in total. The van der Waals surface area contributed by atoms with Crippen molar-refractivity contribution in [1.82, 2.24) is 9.36 Å². The average molecular weight is 344 g/mol. The van der Waals surface area contributed by atoms with Crippen molar-refractivity contribution in [3.8, 4) is 0 Å². The Bertz CT molecular complexity index is 652. The van der Waals surface area contributed by atoms with Gasteiger partial charge < -0.3 is 10.6 Å². The largest absolute Gasteiger partial charge is 0.330 e. The van der Waals surface area contributed by atoms with E-state index in [0.717, 1.165) is 16.5 Å². The van der Waals surface area contributed by atoms with Gasteiger partial charge in [0.25, 0.3) is 0 Å². The lowest BCUT2D eigenvalue weighted by atomic mass is 10.3. The van der Waals surface area contributed by atoms with Crippen LogP contribution in [0.2, 0.25) is 10.0 Å². The van der Waals surface area contributed by atoms with Crippen molar-refractivity contribution in [2.75, 3.05) is 5.32 Å². The molecule has 0 spiro atoms. The van der Waals surface area contributed by atoms with E-state index in [1.54, 1.807) is 12.1 Å². The van der Waals surface area contributed by atoms with Crippen molar-refractivity contribution in [2.45, 2.75) is 26.8 Å². The molecule has 0 fully saturated rings. The molecule has 7 heteroatoms. The zero-order valence-electron chi connectivity index (χ0n) is 12.0. The maximum absolute atomic E-state index is 5.98. The molecule has 0 unspecified atom stereocenters. The SMILES string of the molecule is CC(=Cc1nsc(Nc2ccc(Cl)c(Cl)c2)n1)[NH2+]C(C)C. The highest BCUT2D eigenvalue weighted by molar-refractivity contribution is 7.09. The third-order valence-corrected chi connectivity index (χ3v) is 3.95. The Hall–Kier alpha value is -1.14. The number of hydrogen-bond acceptors (Lipinski definition) is 4. The van der Waals surface area contributed by atoms with E-state index in [9.17, 15) is 0 Å². The van der Waals surface area contributed by atoms with Crippen LogP contribution in [0, 0.1) is 0 Å². The molecule has 112 valence electrons. The van der Waals surface area contributed by atoms with Gasteiger partial charge in [-0.15, -0.1) is 0 Å². The van der Waals surface area contributed by atoms with Gasteiger partial charge in [-0.3, -0.25) is 0 Å². The van der Waals surface area contributed by atoms with Crippen LogP contribution in [0.5, 0.6) is 0 Å². The molecule has 0 bridgehead atoms. The summed E-state index contributed by atoms with van der Waals surface area (Å²) in [4.78, 5) is 4.43. The topological polar surface area (TPSA) is 54.4 Å². The summed E-state index contributed by atoms with van der Waals surface area (Å²) in [6.45, 7) is 6.33. The normalized spacial score (nSPS) is 12.0. The van der Waals surface area contributed by atoms with Crippen LogP contribution in [0.3, 0.4) is 0 Å². The molecule has 0 aliphatic heterocycles. The number of rotatable bonds is 5. The minimum Gasteiger partial charge on any atom is -0.330 e. The Balaban J connectivity index is 2.07. The Morgan fingerprint density at radius 3 is 2.76 bits per heavy atom. The first-order valence-corrected chi connectivity index (χ1v) is 8.06. The second-order valence-corrected chi connectivity index (χ2v) is 6.58. The lowest BCUT2D eigenvalue weighted by molar-refractivity contribution is -0.634. The number of anilines is 2. The van der Waals surface area contributed by atoms with E-state index in [-0.39, 0.29) is 0 Å². The summed E-state index contributed by atoms with van der Waals surface area (Å²) in [5.74, 6) is 0.706. The van der Waals surface area contributed by atoms with Crippen molar-refractivity contribution >= 4 is 51.6 Å². The van der Waals surface area contributed by atoms with Crippen LogP contribution in [0.1, 0.15) is 26.6 Å². The van der Waals surface area contributed by atoms with Gasteiger partial charge in [-0.1, -0.05) is 23.2 Å². The first-order chi connectivity index (χ1) is 9.94. The van der Waals surface area contributed by atoms with Crippen LogP contribution < -0.4 is 10.6 Å². The molecule has 0 aliphatic carbocycles. The fraction of sp³-hybridized carbons (Fsp3) is 0.286. The van der Waals surface area contributed by atoms with Crippen molar-refractivity contribution < 1.29 is 5.32 Å². The van der Waals surface area contributed by atoms with Gasteiger partial charge in [0.05, 0.1) is 16.1 Å². The van der Waals surface area contributed by atoms with Gasteiger partial charge in [0.15, 0.2) is 5.82 Å². The van der Waals surface area contributed by atoms with Gasteiger partial charge in [-0.05, 0) is 32.0 Å². The molecular weight excluding hydrogens is 327 g/mol. The summed E-state index contributed by atoms with van der Waals surface area (Å²) < 4.78 is 4.31. The second kappa shape index (κ2) is 7.22. The van der Waals surface area contributed by atoms with E-state index >= 15 is 0 Å². The summed E-state index contributed by atoms with van der Waals surface area (Å²) in [6, 6.07) is 5.87. The van der Waals surface area contributed by atoms with Gasteiger partial charge in [0, 0.05) is 30.2 Å². The zero-order chi connectivity index (χ0) is 15.4. The quantitative estimate of drug-likeness (QED) is 0.864. The molecule has 0 radical (unpaired) electrons. The van der Waals surface area contributed by atoms with Gasteiger partial charge in [-0.25, -0.2) is 0 Å². The van der Waals surface area contributed by atoms with Gasteiger partial charge in [0.1, 0.15) is 5.70 Å². The smallest absolute Gasteiger partial charge is 0.207 e. The van der Waals surface area contributed by atoms with Crippen molar-refractivity contribution in [1.29, 1.82) is 0 Å². The first kappa shape index (κ1) is 16.2. The fourth-order valence-electron chi connectivity index (χ4n) is 1.82. The van der Waals surface area contributed by atoms with Crippen LogP contribution in [-0.2, 0) is 0 Å². The number of nitrogens with one attached hydrogen (secondary N) is 1. The predicted molar refractivity (Wildman–Crippen MR) is 90.4 cm³/mol. The third-order valence-electron chi connectivity index (χ3n) is 2.57. The van der Waals surface area contributed by atoms with E-state index in [4.69, 9.17) is 23.2 Å². The molecule has 0 aliphatic rings. The van der Waals surface area contributed by atoms with Crippen molar-refractivity contribution in [3.05, 3.63) is 39.8 Å². The molecule has 2 rings (SSSR count). The van der Waals surface area contributed by atoms with E-state index in [1.807, 2.05) is 19.1 Å². The third kappa shape index (κ3) is 4.97.